The minimum Gasteiger partial charge on any atom is -0.340 e. The average molecular weight is 294 g/mol. The van der Waals surface area contributed by atoms with Crippen molar-refractivity contribution in [2.24, 2.45) is 0 Å². The van der Waals surface area contributed by atoms with E-state index in [-0.39, 0.29) is 5.91 Å². The van der Waals surface area contributed by atoms with Crippen molar-refractivity contribution in [2.75, 3.05) is 10.6 Å². The smallest absolute Gasteiger partial charge is 0.221 e. The highest BCUT2D eigenvalue weighted by atomic mass is 16.1. The number of imidazole rings is 1. The fourth-order valence-electron chi connectivity index (χ4n) is 1.94. The van der Waals surface area contributed by atoms with Crippen LogP contribution in [0.2, 0.25) is 0 Å². The van der Waals surface area contributed by atoms with E-state index in [4.69, 9.17) is 0 Å². The molecule has 0 radical (unpaired) electrons. The summed E-state index contributed by atoms with van der Waals surface area (Å²) in [6.45, 7) is 1.48. The number of carbonyl (C=O) groups is 1. The fraction of sp³-hybridized carbons (Fsp3) is 0.0667. The van der Waals surface area contributed by atoms with Crippen LogP contribution < -0.4 is 10.6 Å². The number of carbonyl (C=O) groups excluding carboxylic acids is 1. The van der Waals surface area contributed by atoms with Crippen LogP contribution in [0.25, 0.3) is 5.82 Å². The van der Waals surface area contributed by atoms with Gasteiger partial charge in [-0.1, -0.05) is 0 Å². The Morgan fingerprint density at radius 1 is 1.14 bits per heavy atom. The summed E-state index contributed by atoms with van der Waals surface area (Å²) in [6, 6.07) is 9.20. The second kappa shape index (κ2) is 6.04. The predicted octanol–water partition coefficient (Wildman–Crippen LogP) is 2.36. The van der Waals surface area contributed by atoms with Gasteiger partial charge in [-0.2, -0.15) is 0 Å². The van der Waals surface area contributed by atoms with Crippen LogP contribution >= 0.6 is 0 Å². The van der Waals surface area contributed by atoms with Gasteiger partial charge < -0.3 is 10.6 Å². The highest BCUT2D eigenvalue weighted by Crippen LogP contribution is 2.18. The van der Waals surface area contributed by atoms with Crippen LogP contribution in [-0.4, -0.2) is 25.4 Å². The monoisotopic (exact) mass is 294 g/mol. The lowest BCUT2D eigenvalue weighted by Crippen LogP contribution is -2.05. The molecule has 7 heteroatoms. The minimum absolute atomic E-state index is 0.0958. The minimum atomic E-state index is -0.0958. The van der Waals surface area contributed by atoms with Crippen LogP contribution in [0.15, 0.2) is 55.4 Å². The normalized spacial score (nSPS) is 10.2. The standard InChI is InChI=1S/C15H14N6O/c1-11(22)19-12-2-4-13(5-3-12)20-14-8-15(18-9-17-14)21-7-6-16-10-21/h2-10H,1H3,(H,19,22)(H,17,18,20). The van der Waals surface area contributed by atoms with Crippen molar-refractivity contribution in [3.05, 3.63) is 55.4 Å². The Hall–Kier alpha value is -3.22. The molecule has 0 aliphatic heterocycles. The Morgan fingerprint density at radius 3 is 2.59 bits per heavy atom. The topological polar surface area (TPSA) is 84.7 Å². The van der Waals surface area contributed by atoms with Gasteiger partial charge in [-0.15, -0.1) is 0 Å². The molecule has 2 aromatic heterocycles. The maximum Gasteiger partial charge on any atom is 0.221 e. The first-order chi connectivity index (χ1) is 10.7. The van der Waals surface area contributed by atoms with Gasteiger partial charge in [0, 0.05) is 36.8 Å². The lowest BCUT2D eigenvalue weighted by atomic mass is 10.2. The molecule has 22 heavy (non-hydrogen) atoms. The summed E-state index contributed by atoms with van der Waals surface area (Å²) >= 11 is 0. The van der Waals surface area contributed by atoms with E-state index >= 15 is 0 Å². The number of nitrogens with zero attached hydrogens (tertiary/aromatic N) is 4. The van der Waals surface area contributed by atoms with Gasteiger partial charge in [0.1, 0.15) is 24.3 Å². The molecule has 2 N–H and O–H groups in total. The molecule has 0 bridgehead atoms. The highest BCUT2D eigenvalue weighted by molar-refractivity contribution is 5.88. The third kappa shape index (κ3) is 3.26. The van der Waals surface area contributed by atoms with Crippen molar-refractivity contribution in [1.29, 1.82) is 0 Å². The number of amides is 1. The van der Waals surface area contributed by atoms with Gasteiger partial charge >= 0.3 is 0 Å². The van der Waals surface area contributed by atoms with E-state index in [2.05, 4.69) is 25.6 Å². The van der Waals surface area contributed by atoms with Crippen LogP contribution in [0.3, 0.4) is 0 Å². The molecule has 3 aromatic rings. The number of anilines is 3. The third-order valence-corrected chi connectivity index (χ3v) is 2.90. The number of hydrogen-bond donors (Lipinski definition) is 2. The van der Waals surface area contributed by atoms with Crippen molar-refractivity contribution < 1.29 is 4.79 Å². The zero-order chi connectivity index (χ0) is 15.4. The summed E-state index contributed by atoms with van der Waals surface area (Å²) in [5, 5.41) is 5.91. The molecule has 110 valence electrons. The zero-order valence-electron chi connectivity index (χ0n) is 11.9. The summed E-state index contributed by atoms with van der Waals surface area (Å²) in [7, 11) is 0. The van der Waals surface area contributed by atoms with E-state index in [0.29, 0.717) is 5.82 Å². The summed E-state index contributed by atoms with van der Waals surface area (Å²) in [5.41, 5.74) is 1.62. The summed E-state index contributed by atoms with van der Waals surface area (Å²) in [4.78, 5) is 23.4. The van der Waals surface area contributed by atoms with Crippen molar-refractivity contribution in [3.8, 4) is 5.82 Å². The molecule has 0 aliphatic rings. The quantitative estimate of drug-likeness (QED) is 0.771. The second-order valence-electron chi connectivity index (χ2n) is 4.61. The first-order valence-corrected chi connectivity index (χ1v) is 6.66. The molecule has 0 atom stereocenters. The number of aromatic nitrogens is 4. The Labute approximate surface area is 127 Å². The van der Waals surface area contributed by atoms with Gasteiger partial charge in [0.25, 0.3) is 0 Å². The molecular weight excluding hydrogens is 280 g/mol. The van der Waals surface area contributed by atoms with E-state index < -0.39 is 0 Å². The first-order valence-electron chi connectivity index (χ1n) is 6.66. The molecule has 0 unspecified atom stereocenters. The zero-order valence-corrected chi connectivity index (χ0v) is 11.9. The molecule has 3 rings (SSSR count). The molecule has 0 saturated heterocycles. The number of benzene rings is 1. The van der Waals surface area contributed by atoms with Crippen LogP contribution in [0.4, 0.5) is 17.2 Å². The summed E-state index contributed by atoms with van der Waals surface area (Å²) in [6.07, 6.45) is 6.67. The van der Waals surface area contributed by atoms with Crippen LogP contribution in [0.1, 0.15) is 6.92 Å². The summed E-state index contributed by atoms with van der Waals surface area (Å²) in [5.74, 6) is 1.30. The van der Waals surface area contributed by atoms with Gasteiger partial charge in [-0.3, -0.25) is 9.36 Å². The molecule has 0 fully saturated rings. The van der Waals surface area contributed by atoms with Crippen molar-refractivity contribution in [2.45, 2.75) is 6.92 Å². The molecule has 0 aliphatic carbocycles. The average Bonchev–Trinajstić information content (AvgIpc) is 3.03. The SMILES string of the molecule is CC(=O)Nc1ccc(Nc2cc(-n3ccnc3)ncn2)cc1. The molecular formula is C15H14N6O. The second-order valence-corrected chi connectivity index (χ2v) is 4.61. The number of hydrogen-bond acceptors (Lipinski definition) is 5. The van der Waals surface area contributed by atoms with E-state index in [1.807, 2.05) is 36.5 Å². The van der Waals surface area contributed by atoms with Gasteiger partial charge in [0.05, 0.1) is 0 Å². The van der Waals surface area contributed by atoms with Crippen molar-refractivity contribution in [1.82, 2.24) is 19.5 Å². The Morgan fingerprint density at radius 2 is 1.91 bits per heavy atom. The predicted molar refractivity (Wildman–Crippen MR) is 83.2 cm³/mol. The van der Waals surface area contributed by atoms with Gasteiger partial charge in [-0.25, -0.2) is 15.0 Å². The van der Waals surface area contributed by atoms with Gasteiger partial charge in [-0.05, 0) is 24.3 Å². The summed E-state index contributed by atoms with van der Waals surface area (Å²) < 4.78 is 1.80. The lowest BCUT2D eigenvalue weighted by molar-refractivity contribution is -0.114. The Balaban J connectivity index is 1.76. The van der Waals surface area contributed by atoms with E-state index in [0.717, 1.165) is 17.2 Å². The largest absolute Gasteiger partial charge is 0.340 e. The lowest BCUT2D eigenvalue weighted by Gasteiger charge is -2.08. The van der Waals surface area contributed by atoms with Crippen LogP contribution in [0, 0.1) is 0 Å². The van der Waals surface area contributed by atoms with Crippen LogP contribution in [-0.2, 0) is 4.79 Å². The van der Waals surface area contributed by atoms with E-state index in [1.165, 1.54) is 13.3 Å². The van der Waals surface area contributed by atoms with E-state index in [9.17, 15) is 4.79 Å². The molecule has 0 spiro atoms. The van der Waals surface area contributed by atoms with Gasteiger partial charge in [0.15, 0.2) is 0 Å². The maximum atomic E-state index is 11.0. The fourth-order valence-corrected chi connectivity index (χ4v) is 1.94. The molecule has 1 aromatic carbocycles. The van der Waals surface area contributed by atoms with Gasteiger partial charge in [0.2, 0.25) is 5.91 Å². The third-order valence-electron chi connectivity index (χ3n) is 2.90. The highest BCUT2D eigenvalue weighted by Gasteiger charge is 2.02. The molecule has 2 heterocycles. The molecule has 0 saturated carbocycles. The maximum absolute atomic E-state index is 11.0. The Bertz CT molecular complexity index is 767. The number of nitrogens with one attached hydrogen (secondary N) is 2. The Kier molecular flexibility index (Phi) is 3.78. The molecule has 7 nitrogen and oxygen atoms in total. The van der Waals surface area contributed by atoms with Crippen molar-refractivity contribution >= 4 is 23.1 Å². The first kappa shape index (κ1) is 13.7. The van der Waals surface area contributed by atoms with E-state index in [1.54, 1.807) is 17.1 Å². The van der Waals surface area contributed by atoms with Crippen molar-refractivity contribution in [3.63, 3.8) is 0 Å². The van der Waals surface area contributed by atoms with Crippen LogP contribution in [0.5, 0.6) is 0 Å². The molecule has 1 amide bonds. The number of rotatable bonds is 4.